The third-order valence-corrected chi connectivity index (χ3v) is 4.78. The standard InChI is InChI=1S/C16H17Br2ClN2/c1-21(10-11-2-4-12(17)5-3-11)16(9-20)14-8-13(18)6-7-15(14)19/h2-8,16H,9-10,20H2,1H3. The predicted molar refractivity (Wildman–Crippen MR) is 96.6 cm³/mol. The lowest BCUT2D eigenvalue weighted by Crippen LogP contribution is -2.30. The molecule has 2 aromatic rings. The Hall–Kier alpha value is -0.390. The smallest absolute Gasteiger partial charge is 0.0486 e. The largest absolute Gasteiger partial charge is 0.329 e. The minimum absolute atomic E-state index is 0.0821. The van der Waals surface area contributed by atoms with Crippen molar-refractivity contribution >= 4 is 43.5 Å². The summed E-state index contributed by atoms with van der Waals surface area (Å²) in [6, 6.07) is 14.3. The number of benzene rings is 2. The van der Waals surface area contributed by atoms with E-state index in [-0.39, 0.29) is 6.04 Å². The van der Waals surface area contributed by atoms with Gasteiger partial charge < -0.3 is 5.73 Å². The summed E-state index contributed by atoms with van der Waals surface area (Å²) in [5.41, 5.74) is 8.27. The minimum atomic E-state index is 0.0821. The Morgan fingerprint density at radius 3 is 2.33 bits per heavy atom. The van der Waals surface area contributed by atoms with E-state index in [9.17, 15) is 0 Å². The average molecular weight is 433 g/mol. The molecule has 2 aromatic carbocycles. The van der Waals surface area contributed by atoms with Crippen molar-refractivity contribution in [2.24, 2.45) is 5.73 Å². The number of likely N-dealkylation sites (N-methyl/N-ethyl adjacent to an activating group) is 1. The summed E-state index contributed by atoms with van der Waals surface area (Å²) in [5.74, 6) is 0. The highest BCUT2D eigenvalue weighted by atomic mass is 79.9. The van der Waals surface area contributed by atoms with Gasteiger partial charge in [-0.15, -0.1) is 0 Å². The second-order valence-electron chi connectivity index (χ2n) is 4.96. The van der Waals surface area contributed by atoms with Crippen molar-refractivity contribution in [1.29, 1.82) is 0 Å². The van der Waals surface area contributed by atoms with Crippen molar-refractivity contribution in [3.63, 3.8) is 0 Å². The molecule has 2 N–H and O–H groups in total. The maximum absolute atomic E-state index is 6.33. The lowest BCUT2D eigenvalue weighted by molar-refractivity contribution is 0.242. The van der Waals surface area contributed by atoms with Crippen LogP contribution in [0.4, 0.5) is 0 Å². The Labute approximate surface area is 147 Å². The summed E-state index contributed by atoms with van der Waals surface area (Å²) < 4.78 is 2.09. The van der Waals surface area contributed by atoms with Gasteiger partial charge in [0.05, 0.1) is 0 Å². The van der Waals surface area contributed by atoms with E-state index in [1.54, 1.807) is 0 Å². The Balaban J connectivity index is 2.20. The molecule has 0 aliphatic heterocycles. The Morgan fingerprint density at radius 2 is 1.71 bits per heavy atom. The molecule has 2 rings (SSSR count). The first kappa shape index (κ1) is 17.0. The number of hydrogen-bond donors (Lipinski definition) is 1. The van der Waals surface area contributed by atoms with Crippen LogP contribution in [0.5, 0.6) is 0 Å². The summed E-state index contributed by atoms with van der Waals surface area (Å²) in [4.78, 5) is 2.22. The van der Waals surface area contributed by atoms with E-state index in [1.807, 2.05) is 30.3 Å². The van der Waals surface area contributed by atoms with Crippen LogP contribution >= 0.6 is 43.5 Å². The number of nitrogens with two attached hydrogens (primary N) is 1. The molecule has 0 aliphatic rings. The average Bonchev–Trinajstić information content (AvgIpc) is 2.46. The first-order valence-electron chi connectivity index (χ1n) is 6.61. The Kier molecular flexibility index (Phi) is 6.26. The summed E-state index contributed by atoms with van der Waals surface area (Å²) in [6.07, 6.45) is 0. The highest BCUT2D eigenvalue weighted by Gasteiger charge is 2.18. The molecule has 0 aromatic heterocycles. The van der Waals surface area contributed by atoms with Gasteiger partial charge in [-0.05, 0) is 48.5 Å². The lowest BCUT2D eigenvalue weighted by Gasteiger charge is -2.28. The molecule has 1 atom stereocenters. The quantitative estimate of drug-likeness (QED) is 0.721. The zero-order valence-electron chi connectivity index (χ0n) is 11.7. The molecule has 21 heavy (non-hydrogen) atoms. The van der Waals surface area contributed by atoms with Gasteiger partial charge in [-0.2, -0.15) is 0 Å². The van der Waals surface area contributed by atoms with Gasteiger partial charge in [-0.1, -0.05) is 55.6 Å². The molecule has 0 amide bonds. The Bertz CT molecular complexity index is 602. The maximum Gasteiger partial charge on any atom is 0.0486 e. The van der Waals surface area contributed by atoms with Crippen molar-refractivity contribution in [3.05, 3.63) is 67.6 Å². The minimum Gasteiger partial charge on any atom is -0.329 e. The van der Waals surface area contributed by atoms with Crippen LogP contribution in [0.15, 0.2) is 51.4 Å². The van der Waals surface area contributed by atoms with Crippen molar-refractivity contribution < 1.29 is 0 Å². The Morgan fingerprint density at radius 1 is 1.10 bits per heavy atom. The first-order chi connectivity index (χ1) is 10.0. The van der Waals surface area contributed by atoms with Gasteiger partial charge in [0.1, 0.15) is 0 Å². The van der Waals surface area contributed by atoms with Crippen LogP contribution in [0.2, 0.25) is 5.02 Å². The van der Waals surface area contributed by atoms with E-state index in [4.69, 9.17) is 17.3 Å². The molecule has 0 aliphatic carbocycles. The van der Waals surface area contributed by atoms with Crippen molar-refractivity contribution in [1.82, 2.24) is 4.90 Å². The third kappa shape index (κ3) is 4.54. The van der Waals surface area contributed by atoms with Gasteiger partial charge in [0.15, 0.2) is 0 Å². The van der Waals surface area contributed by atoms with E-state index in [2.05, 4.69) is 55.9 Å². The molecule has 1 unspecified atom stereocenters. The summed E-state index contributed by atoms with van der Waals surface area (Å²) >= 11 is 13.3. The van der Waals surface area contributed by atoms with Crippen LogP contribution in [0.1, 0.15) is 17.2 Å². The third-order valence-electron chi connectivity index (χ3n) is 3.42. The molecule has 0 bridgehead atoms. The van der Waals surface area contributed by atoms with Crippen molar-refractivity contribution in [3.8, 4) is 0 Å². The van der Waals surface area contributed by atoms with Gasteiger partial charge in [0.25, 0.3) is 0 Å². The number of nitrogens with zero attached hydrogens (tertiary/aromatic N) is 1. The topological polar surface area (TPSA) is 29.3 Å². The molecule has 0 fully saturated rings. The normalized spacial score (nSPS) is 12.7. The summed E-state index contributed by atoms with van der Waals surface area (Å²) in [7, 11) is 2.07. The summed E-state index contributed by atoms with van der Waals surface area (Å²) in [6.45, 7) is 1.33. The SMILES string of the molecule is CN(Cc1ccc(Br)cc1)C(CN)c1cc(Br)ccc1Cl. The lowest BCUT2D eigenvalue weighted by atomic mass is 10.0. The fourth-order valence-corrected chi connectivity index (χ4v) is 3.19. The molecule has 0 heterocycles. The molecule has 0 saturated heterocycles. The van der Waals surface area contributed by atoms with Gasteiger partial charge in [-0.25, -0.2) is 0 Å². The predicted octanol–water partition coefficient (Wildman–Crippen LogP) is 5.00. The molecular formula is C16H17Br2ClN2. The number of halogens is 3. The first-order valence-corrected chi connectivity index (χ1v) is 8.57. The zero-order chi connectivity index (χ0) is 15.4. The van der Waals surface area contributed by atoms with Gasteiger partial charge >= 0.3 is 0 Å². The number of rotatable bonds is 5. The second kappa shape index (κ2) is 7.75. The van der Waals surface area contributed by atoms with E-state index >= 15 is 0 Å². The van der Waals surface area contributed by atoms with E-state index in [1.165, 1.54) is 5.56 Å². The highest BCUT2D eigenvalue weighted by molar-refractivity contribution is 9.10. The van der Waals surface area contributed by atoms with Crippen LogP contribution in [0.25, 0.3) is 0 Å². The molecule has 0 saturated carbocycles. The van der Waals surface area contributed by atoms with Crippen LogP contribution in [0.3, 0.4) is 0 Å². The van der Waals surface area contributed by atoms with Gasteiger partial charge in [-0.3, -0.25) is 4.90 Å². The van der Waals surface area contributed by atoms with Crippen LogP contribution < -0.4 is 5.73 Å². The maximum atomic E-state index is 6.33. The van der Waals surface area contributed by atoms with Crippen LogP contribution in [0, 0.1) is 0 Å². The second-order valence-corrected chi connectivity index (χ2v) is 7.20. The van der Waals surface area contributed by atoms with E-state index in [0.717, 1.165) is 26.1 Å². The van der Waals surface area contributed by atoms with Crippen molar-refractivity contribution in [2.75, 3.05) is 13.6 Å². The van der Waals surface area contributed by atoms with E-state index < -0.39 is 0 Å². The highest BCUT2D eigenvalue weighted by Crippen LogP contribution is 2.30. The molecule has 5 heteroatoms. The summed E-state index contributed by atoms with van der Waals surface area (Å²) in [5, 5.41) is 0.747. The zero-order valence-corrected chi connectivity index (χ0v) is 15.6. The monoisotopic (exact) mass is 430 g/mol. The van der Waals surface area contributed by atoms with Crippen molar-refractivity contribution in [2.45, 2.75) is 12.6 Å². The molecule has 0 radical (unpaired) electrons. The fraction of sp³-hybridized carbons (Fsp3) is 0.250. The van der Waals surface area contributed by atoms with Gasteiger partial charge in [0.2, 0.25) is 0 Å². The number of hydrogen-bond acceptors (Lipinski definition) is 2. The molecular weight excluding hydrogens is 415 g/mol. The van der Waals surface area contributed by atoms with Crippen LogP contribution in [-0.4, -0.2) is 18.5 Å². The van der Waals surface area contributed by atoms with E-state index in [0.29, 0.717) is 6.54 Å². The molecule has 112 valence electrons. The fourth-order valence-electron chi connectivity index (χ4n) is 2.30. The van der Waals surface area contributed by atoms with Crippen LogP contribution in [-0.2, 0) is 6.54 Å². The molecule has 0 spiro atoms. The van der Waals surface area contributed by atoms with Gasteiger partial charge in [0, 0.05) is 33.1 Å². The molecule has 2 nitrogen and oxygen atoms in total.